The van der Waals surface area contributed by atoms with Crippen molar-refractivity contribution in [2.24, 2.45) is 0 Å². The van der Waals surface area contributed by atoms with Gasteiger partial charge in [0.2, 0.25) is 10.0 Å². The van der Waals surface area contributed by atoms with Crippen LogP contribution in [0.15, 0.2) is 41.4 Å². The summed E-state index contributed by atoms with van der Waals surface area (Å²) in [4.78, 5) is -0.217. The number of hydrogen-bond donors (Lipinski definition) is 1. The molecular formula is C16H19FN4O2S. The largest absolute Gasteiger partial charge is 0.366 e. The number of hydrogen-bond acceptors (Lipinski definition) is 5. The van der Waals surface area contributed by atoms with Gasteiger partial charge in [0.1, 0.15) is 16.5 Å². The normalized spacial score (nSPS) is 16.9. The van der Waals surface area contributed by atoms with Crippen molar-refractivity contribution in [1.82, 2.24) is 14.5 Å². The molecule has 2 aromatic rings. The van der Waals surface area contributed by atoms with Gasteiger partial charge < -0.3 is 5.32 Å². The molecule has 1 saturated heterocycles. The lowest BCUT2D eigenvalue weighted by molar-refractivity contribution is 0.328. The van der Waals surface area contributed by atoms with Gasteiger partial charge in [-0.15, -0.1) is 5.10 Å². The van der Waals surface area contributed by atoms with Crippen molar-refractivity contribution in [1.29, 1.82) is 0 Å². The average molecular weight is 350 g/mol. The van der Waals surface area contributed by atoms with E-state index in [1.807, 2.05) is 6.07 Å². The fourth-order valence-corrected chi connectivity index (χ4v) is 4.64. The average Bonchev–Trinajstić information content (AvgIpc) is 2.56. The van der Waals surface area contributed by atoms with Gasteiger partial charge in [0, 0.05) is 25.3 Å². The van der Waals surface area contributed by atoms with Crippen LogP contribution in [0.1, 0.15) is 18.4 Å². The number of piperidine rings is 1. The van der Waals surface area contributed by atoms with Crippen LogP contribution in [0.2, 0.25) is 0 Å². The topological polar surface area (TPSA) is 75.2 Å². The van der Waals surface area contributed by atoms with Crippen molar-refractivity contribution < 1.29 is 12.8 Å². The standard InChI is InChI=1S/C16H19FN4O2S/c1-12-4-2-5-14(17)16(12)24(22,23)21-10-7-13(8-11-21)19-15-6-3-9-18-20-15/h2-6,9,13H,7-8,10-11H2,1H3,(H,19,20). The van der Waals surface area contributed by atoms with E-state index >= 15 is 0 Å². The second-order valence-electron chi connectivity index (χ2n) is 5.82. The first-order chi connectivity index (χ1) is 11.5. The lowest BCUT2D eigenvalue weighted by Gasteiger charge is -2.32. The molecule has 0 amide bonds. The van der Waals surface area contributed by atoms with Crippen LogP contribution in [-0.2, 0) is 10.0 Å². The number of aryl methyl sites for hydroxylation is 1. The van der Waals surface area contributed by atoms with Crippen molar-refractivity contribution in [2.45, 2.75) is 30.7 Å². The molecule has 0 spiro atoms. The maximum Gasteiger partial charge on any atom is 0.246 e. The van der Waals surface area contributed by atoms with Gasteiger partial charge in [-0.2, -0.15) is 9.40 Å². The van der Waals surface area contributed by atoms with Gasteiger partial charge in [-0.1, -0.05) is 12.1 Å². The zero-order chi connectivity index (χ0) is 17.2. The Bertz CT molecular complexity index is 786. The highest BCUT2D eigenvalue weighted by Crippen LogP contribution is 2.26. The number of benzene rings is 1. The van der Waals surface area contributed by atoms with E-state index in [9.17, 15) is 12.8 Å². The van der Waals surface area contributed by atoms with E-state index in [0.29, 0.717) is 37.3 Å². The van der Waals surface area contributed by atoms with E-state index in [-0.39, 0.29) is 10.9 Å². The molecule has 3 rings (SSSR count). The molecule has 0 unspecified atom stereocenters. The summed E-state index contributed by atoms with van der Waals surface area (Å²) in [6.07, 6.45) is 2.85. The van der Waals surface area contributed by atoms with Crippen LogP contribution < -0.4 is 5.32 Å². The molecule has 24 heavy (non-hydrogen) atoms. The van der Waals surface area contributed by atoms with Crippen LogP contribution in [0.3, 0.4) is 0 Å². The Morgan fingerprint density at radius 3 is 2.58 bits per heavy atom. The molecule has 128 valence electrons. The number of rotatable bonds is 4. The summed E-state index contributed by atoms with van der Waals surface area (Å²) in [6.45, 7) is 2.29. The van der Waals surface area contributed by atoms with Gasteiger partial charge in [-0.25, -0.2) is 12.8 Å². The predicted octanol–water partition coefficient (Wildman–Crippen LogP) is 2.19. The first-order valence-electron chi connectivity index (χ1n) is 7.78. The molecule has 0 saturated carbocycles. The second-order valence-corrected chi connectivity index (χ2v) is 7.69. The van der Waals surface area contributed by atoms with E-state index in [1.165, 1.54) is 16.4 Å². The van der Waals surface area contributed by atoms with Crippen molar-refractivity contribution in [2.75, 3.05) is 18.4 Å². The quantitative estimate of drug-likeness (QED) is 0.915. The number of anilines is 1. The number of nitrogens with one attached hydrogen (secondary N) is 1. The van der Waals surface area contributed by atoms with Crippen molar-refractivity contribution in [3.05, 3.63) is 47.9 Å². The van der Waals surface area contributed by atoms with Crippen LogP contribution >= 0.6 is 0 Å². The third-order valence-corrected chi connectivity index (χ3v) is 6.22. The highest BCUT2D eigenvalue weighted by molar-refractivity contribution is 7.89. The van der Waals surface area contributed by atoms with Crippen molar-refractivity contribution in [3.63, 3.8) is 0 Å². The molecule has 1 aliphatic rings. The van der Waals surface area contributed by atoms with Crippen LogP contribution in [0, 0.1) is 12.7 Å². The molecule has 1 aliphatic heterocycles. The molecular weight excluding hydrogens is 331 g/mol. The Labute approximate surface area is 140 Å². The van der Waals surface area contributed by atoms with Crippen LogP contribution in [-0.4, -0.2) is 42.1 Å². The van der Waals surface area contributed by atoms with Crippen molar-refractivity contribution >= 4 is 15.8 Å². The lowest BCUT2D eigenvalue weighted by Crippen LogP contribution is -2.42. The lowest BCUT2D eigenvalue weighted by atomic mass is 10.1. The van der Waals surface area contributed by atoms with E-state index in [4.69, 9.17) is 0 Å². The first kappa shape index (κ1) is 16.8. The molecule has 8 heteroatoms. The maximum atomic E-state index is 14.0. The Morgan fingerprint density at radius 1 is 1.21 bits per heavy atom. The molecule has 1 aromatic carbocycles. The van der Waals surface area contributed by atoms with Gasteiger partial charge in [0.25, 0.3) is 0 Å². The SMILES string of the molecule is Cc1cccc(F)c1S(=O)(=O)N1CCC(Nc2cccnn2)CC1. The molecule has 0 atom stereocenters. The highest BCUT2D eigenvalue weighted by atomic mass is 32.2. The molecule has 1 fully saturated rings. The van der Waals surface area contributed by atoms with E-state index < -0.39 is 15.8 Å². The van der Waals surface area contributed by atoms with E-state index in [1.54, 1.807) is 25.3 Å². The Hall–Kier alpha value is -2.06. The fraction of sp³-hybridized carbons (Fsp3) is 0.375. The fourth-order valence-electron chi connectivity index (χ4n) is 2.90. The number of halogens is 1. The zero-order valence-electron chi connectivity index (χ0n) is 13.3. The Morgan fingerprint density at radius 2 is 1.96 bits per heavy atom. The highest BCUT2D eigenvalue weighted by Gasteiger charge is 2.32. The summed E-state index contributed by atoms with van der Waals surface area (Å²) in [5.41, 5.74) is 0.426. The Balaban J connectivity index is 1.70. The Kier molecular flexibility index (Phi) is 4.77. The summed E-state index contributed by atoms with van der Waals surface area (Å²) in [6, 6.07) is 8.03. The monoisotopic (exact) mass is 350 g/mol. The molecule has 2 heterocycles. The summed E-state index contributed by atoms with van der Waals surface area (Å²) in [5.74, 6) is -0.0291. The van der Waals surface area contributed by atoms with Gasteiger partial charge in [-0.05, 0) is 43.5 Å². The van der Waals surface area contributed by atoms with Gasteiger partial charge >= 0.3 is 0 Å². The first-order valence-corrected chi connectivity index (χ1v) is 9.22. The summed E-state index contributed by atoms with van der Waals surface area (Å²) in [7, 11) is -3.82. The van der Waals surface area contributed by atoms with E-state index in [0.717, 1.165) is 0 Å². The molecule has 0 aliphatic carbocycles. The molecule has 1 aromatic heterocycles. The minimum absolute atomic E-state index is 0.120. The van der Waals surface area contributed by atoms with Crippen LogP contribution in [0.5, 0.6) is 0 Å². The van der Waals surface area contributed by atoms with Gasteiger partial charge in [-0.3, -0.25) is 0 Å². The summed E-state index contributed by atoms with van der Waals surface area (Å²) < 4.78 is 40.9. The van der Waals surface area contributed by atoms with Crippen LogP contribution in [0.25, 0.3) is 0 Å². The minimum Gasteiger partial charge on any atom is -0.366 e. The summed E-state index contributed by atoms with van der Waals surface area (Å²) in [5, 5.41) is 11.0. The third kappa shape index (κ3) is 3.39. The van der Waals surface area contributed by atoms with Crippen LogP contribution in [0.4, 0.5) is 10.2 Å². The van der Waals surface area contributed by atoms with Gasteiger partial charge in [0.15, 0.2) is 0 Å². The molecule has 6 nitrogen and oxygen atoms in total. The molecule has 0 radical (unpaired) electrons. The van der Waals surface area contributed by atoms with Crippen molar-refractivity contribution in [3.8, 4) is 0 Å². The van der Waals surface area contributed by atoms with E-state index in [2.05, 4.69) is 15.5 Å². The second kappa shape index (κ2) is 6.82. The zero-order valence-corrected chi connectivity index (χ0v) is 14.1. The summed E-state index contributed by atoms with van der Waals surface area (Å²) >= 11 is 0. The smallest absolute Gasteiger partial charge is 0.246 e. The number of nitrogens with zero attached hydrogens (tertiary/aromatic N) is 3. The number of sulfonamides is 1. The maximum absolute atomic E-state index is 14.0. The van der Waals surface area contributed by atoms with Gasteiger partial charge in [0.05, 0.1) is 0 Å². The number of aromatic nitrogens is 2. The molecule has 1 N–H and O–H groups in total. The third-order valence-electron chi connectivity index (χ3n) is 4.14. The molecule has 0 bridgehead atoms. The predicted molar refractivity (Wildman–Crippen MR) is 88.6 cm³/mol. The minimum atomic E-state index is -3.82.